The van der Waals surface area contributed by atoms with Crippen LogP contribution in [0.3, 0.4) is 0 Å². The lowest BCUT2D eigenvalue weighted by molar-refractivity contribution is -0.133. The minimum absolute atomic E-state index is 0.0170. The molecule has 0 radical (unpaired) electrons. The number of rotatable bonds is 13. The average molecular weight is 625 g/mol. The van der Waals surface area contributed by atoms with E-state index in [9.17, 15) is 37.1 Å². The van der Waals surface area contributed by atoms with Crippen LogP contribution in [-0.4, -0.2) is 48.0 Å². The zero-order valence-corrected chi connectivity index (χ0v) is 25.1. The summed E-state index contributed by atoms with van der Waals surface area (Å²) in [5.41, 5.74) is 0.208. The van der Waals surface area contributed by atoms with Crippen LogP contribution >= 0.6 is 0 Å². The van der Waals surface area contributed by atoms with Gasteiger partial charge in [-0.2, -0.15) is 0 Å². The molecule has 0 saturated heterocycles. The van der Waals surface area contributed by atoms with Crippen LogP contribution < -0.4 is 21.3 Å². The predicted octanol–water partition coefficient (Wildman–Crippen LogP) is 3.37. The summed E-state index contributed by atoms with van der Waals surface area (Å²) in [7, 11) is 0. The zero-order valence-electron chi connectivity index (χ0n) is 25.1. The Hall–Kier alpha value is -5.00. The second kappa shape index (κ2) is 15.6. The minimum Gasteiger partial charge on any atom is -0.355 e. The van der Waals surface area contributed by atoms with Crippen molar-refractivity contribution in [2.45, 2.75) is 52.2 Å². The van der Waals surface area contributed by atoms with E-state index in [-0.39, 0.29) is 36.1 Å². The second-order valence-electron chi connectivity index (χ2n) is 11.6. The molecule has 0 unspecified atom stereocenters. The van der Waals surface area contributed by atoms with E-state index in [2.05, 4.69) is 21.3 Å². The Morgan fingerprint density at radius 2 is 1.38 bits per heavy atom. The Balaban J connectivity index is 1.83. The van der Waals surface area contributed by atoms with E-state index in [1.54, 1.807) is 18.2 Å². The Morgan fingerprint density at radius 3 is 2.00 bits per heavy atom. The van der Waals surface area contributed by atoms with Crippen LogP contribution in [0.5, 0.6) is 0 Å². The number of halogens is 3. The standard InChI is InChI=1S/C33H35F3N4O5/c1-33(2,3)19-38-28(41)17-27(40-32(45)29(42)21-7-5-4-6-8-21)31(44)39-26(15-20-9-12-23(34)13-10-20)30(43)37-18-22-11-14-24(35)16-25(22)36/h4-14,16,26-27H,15,17-19H2,1-3H3,(H,37,43)(H,38,41)(H,39,44)(H,40,45)/t26-,27-/m0/s1. The number of nitrogens with one attached hydrogen (secondary N) is 4. The highest BCUT2D eigenvalue weighted by molar-refractivity contribution is 6.43. The van der Waals surface area contributed by atoms with E-state index >= 15 is 0 Å². The molecule has 0 aliphatic heterocycles. The highest BCUT2D eigenvalue weighted by Crippen LogP contribution is 2.12. The van der Waals surface area contributed by atoms with Gasteiger partial charge in [0.05, 0.1) is 6.42 Å². The van der Waals surface area contributed by atoms with Crippen LogP contribution in [0, 0.1) is 22.9 Å². The molecule has 0 aliphatic carbocycles. The van der Waals surface area contributed by atoms with E-state index in [4.69, 9.17) is 0 Å². The smallest absolute Gasteiger partial charge is 0.293 e. The van der Waals surface area contributed by atoms with Gasteiger partial charge in [-0.25, -0.2) is 13.2 Å². The summed E-state index contributed by atoms with van der Waals surface area (Å²) in [6, 6.07) is 12.7. The minimum atomic E-state index is -1.57. The van der Waals surface area contributed by atoms with Gasteiger partial charge in [0.25, 0.3) is 5.91 Å². The second-order valence-corrected chi connectivity index (χ2v) is 11.6. The Bertz CT molecular complexity index is 1530. The molecule has 0 aromatic heterocycles. The highest BCUT2D eigenvalue weighted by atomic mass is 19.1. The zero-order chi connectivity index (χ0) is 33.1. The third kappa shape index (κ3) is 11.2. The van der Waals surface area contributed by atoms with Gasteiger partial charge in [-0.3, -0.25) is 24.0 Å². The van der Waals surface area contributed by atoms with Gasteiger partial charge < -0.3 is 21.3 Å². The van der Waals surface area contributed by atoms with Crippen molar-refractivity contribution < 1.29 is 37.1 Å². The van der Waals surface area contributed by atoms with Crippen LogP contribution in [0.1, 0.15) is 48.7 Å². The molecule has 3 aromatic carbocycles. The molecule has 0 bridgehead atoms. The van der Waals surface area contributed by atoms with E-state index in [0.717, 1.165) is 24.3 Å². The van der Waals surface area contributed by atoms with Crippen molar-refractivity contribution >= 4 is 29.4 Å². The van der Waals surface area contributed by atoms with Gasteiger partial charge in [0.15, 0.2) is 0 Å². The fraction of sp³-hybridized carbons (Fsp3) is 0.303. The molecule has 0 fully saturated rings. The Kier molecular flexibility index (Phi) is 12.0. The molecular formula is C33H35F3N4O5. The van der Waals surface area contributed by atoms with Crippen LogP contribution in [0.2, 0.25) is 0 Å². The van der Waals surface area contributed by atoms with Crippen molar-refractivity contribution in [1.29, 1.82) is 0 Å². The van der Waals surface area contributed by atoms with Gasteiger partial charge in [-0.15, -0.1) is 0 Å². The number of Topliss-reactive ketones (excluding diaryl/α,β-unsaturated/α-hetero) is 1. The summed E-state index contributed by atoms with van der Waals surface area (Å²) in [6.07, 6.45) is -0.703. The third-order valence-electron chi connectivity index (χ3n) is 6.52. The lowest BCUT2D eigenvalue weighted by atomic mass is 9.97. The molecule has 0 spiro atoms. The predicted molar refractivity (Wildman–Crippen MR) is 160 cm³/mol. The maximum absolute atomic E-state index is 14.2. The van der Waals surface area contributed by atoms with Crippen molar-refractivity contribution in [3.8, 4) is 0 Å². The van der Waals surface area contributed by atoms with Gasteiger partial charge in [0, 0.05) is 36.7 Å². The van der Waals surface area contributed by atoms with Crippen molar-refractivity contribution in [3.05, 3.63) is 107 Å². The van der Waals surface area contributed by atoms with Crippen LogP contribution in [0.25, 0.3) is 0 Å². The normalized spacial score (nSPS) is 12.4. The first kappa shape index (κ1) is 34.5. The fourth-order valence-electron chi connectivity index (χ4n) is 4.08. The molecule has 2 atom stereocenters. The number of amides is 4. The quantitative estimate of drug-likeness (QED) is 0.171. The SMILES string of the molecule is CC(C)(C)CNC(=O)C[C@H](NC(=O)C(=O)c1ccccc1)C(=O)N[C@@H](Cc1ccc(F)cc1)C(=O)NCc1ccc(F)cc1F. The molecule has 3 aromatic rings. The topological polar surface area (TPSA) is 133 Å². The largest absolute Gasteiger partial charge is 0.355 e. The molecule has 9 nitrogen and oxygen atoms in total. The Labute approximate surface area is 259 Å². The molecule has 238 valence electrons. The van der Waals surface area contributed by atoms with Crippen molar-refractivity contribution in [2.24, 2.45) is 5.41 Å². The fourth-order valence-corrected chi connectivity index (χ4v) is 4.08. The van der Waals surface area contributed by atoms with Gasteiger partial charge in [-0.05, 0) is 29.2 Å². The van der Waals surface area contributed by atoms with Crippen LogP contribution in [0.4, 0.5) is 13.2 Å². The number of hydrogen-bond donors (Lipinski definition) is 4. The number of hydrogen-bond acceptors (Lipinski definition) is 5. The van der Waals surface area contributed by atoms with Crippen LogP contribution in [-0.2, 0) is 32.1 Å². The molecular weight excluding hydrogens is 589 g/mol. The molecule has 0 heterocycles. The number of ketones is 1. The first-order chi connectivity index (χ1) is 21.2. The maximum atomic E-state index is 14.2. The van der Waals surface area contributed by atoms with Gasteiger partial charge in [0.1, 0.15) is 29.5 Å². The first-order valence-corrected chi connectivity index (χ1v) is 14.2. The van der Waals surface area contributed by atoms with Crippen molar-refractivity contribution in [1.82, 2.24) is 21.3 Å². The summed E-state index contributed by atoms with van der Waals surface area (Å²) >= 11 is 0. The van der Waals surface area contributed by atoms with E-state index in [1.165, 1.54) is 24.3 Å². The van der Waals surface area contributed by atoms with Crippen LogP contribution in [0.15, 0.2) is 72.8 Å². The maximum Gasteiger partial charge on any atom is 0.293 e. The summed E-state index contributed by atoms with van der Waals surface area (Å²) in [4.78, 5) is 65.2. The Morgan fingerprint density at radius 1 is 0.733 bits per heavy atom. The molecule has 45 heavy (non-hydrogen) atoms. The van der Waals surface area contributed by atoms with Crippen molar-refractivity contribution in [2.75, 3.05) is 6.54 Å². The third-order valence-corrected chi connectivity index (χ3v) is 6.52. The van der Waals surface area contributed by atoms with E-state index in [0.29, 0.717) is 11.6 Å². The summed E-state index contributed by atoms with van der Waals surface area (Å²) in [5.74, 6) is -6.62. The molecule has 0 aliphatic rings. The van der Waals surface area contributed by atoms with Gasteiger partial charge in [0.2, 0.25) is 23.5 Å². The average Bonchev–Trinajstić information content (AvgIpc) is 2.99. The monoisotopic (exact) mass is 624 g/mol. The van der Waals surface area contributed by atoms with Gasteiger partial charge in [-0.1, -0.05) is 69.3 Å². The molecule has 0 saturated carbocycles. The summed E-state index contributed by atoms with van der Waals surface area (Å²) in [5, 5.41) is 9.96. The summed E-state index contributed by atoms with van der Waals surface area (Å²) in [6.45, 7) is 5.56. The van der Waals surface area contributed by atoms with Gasteiger partial charge >= 0.3 is 0 Å². The van der Waals surface area contributed by atoms with E-state index in [1.807, 2.05) is 20.8 Å². The lowest BCUT2D eigenvalue weighted by Gasteiger charge is -2.24. The lowest BCUT2D eigenvalue weighted by Crippen LogP contribution is -2.56. The number of carbonyl (C=O) groups excluding carboxylic acids is 5. The van der Waals surface area contributed by atoms with Crippen molar-refractivity contribution in [3.63, 3.8) is 0 Å². The number of carbonyl (C=O) groups is 5. The highest BCUT2D eigenvalue weighted by Gasteiger charge is 2.31. The van der Waals surface area contributed by atoms with E-state index < -0.39 is 65.4 Å². The molecule has 3 rings (SSSR count). The molecule has 12 heteroatoms. The first-order valence-electron chi connectivity index (χ1n) is 14.2. The molecule has 4 N–H and O–H groups in total. The summed E-state index contributed by atoms with van der Waals surface area (Å²) < 4.78 is 41.0. The number of benzene rings is 3. The molecule has 4 amide bonds.